The second-order valence-electron chi connectivity index (χ2n) is 5.64. The normalized spacial score (nSPS) is 22.7. The molecule has 0 aromatic rings. The van der Waals surface area contributed by atoms with Crippen LogP contribution in [0.3, 0.4) is 0 Å². The molecule has 0 aliphatic heterocycles. The third kappa shape index (κ3) is 3.27. The van der Waals surface area contributed by atoms with E-state index in [0.29, 0.717) is 6.42 Å². The second kappa shape index (κ2) is 7.05. The van der Waals surface area contributed by atoms with Gasteiger partial charge in [0.1, 0.15) is 6.17 Å². The van der Waals surface area contributed by atoms with Gasteiger partial charge in [-0.3, -0.25) is 9.59 Å². The average molecular weight is 300 g/mol. The molecule has 0 aromatic heterocycles. The minimum Gasteiger partial charge on any atom is -0.465 e. The monoisotopic (exact) mass is 300 g/mol. The number of carbonyl (C=O) groups is 2. The molecule has 1 aliphatic carbocycles. The van der Waals surface area contributed by atoms with Gasteiger partial charge in [0, 0.05) is 5.92 Å². The molecule has 0 saturated heterocycles. The van der Waals surface area contributed by atoms with E-state index in [1.165, 1.54) is 6.92 Å². The summed E-state index contributed by atoms with van der Waals surface area (Å²) in [5, 5.41) is 0. The molecule has 0 bridgehead atoms. The van der Waals surface area contributed by atoms with Crippen LogP contribution in [0.25, 0.3) is 0 Å². The largest absolute Gasteiger partial charge is 0.465 e. The Morgan fingerprint density at radius 2 is 1.67 bits per heavy atom. The number of esters is 2. The number of hydrogen-bond donors (Lipinski definition) is 0. The van der Waals surface area contributed by atoms with E-state index < -0.39 is 29.4 Å². The molecule has 0 saturated carbocycles. The van der Waals surface area contributed by atoms with E-state index in [4.69, 9.17) is 9.47 Å². The topological polar surface area (TPSA) is 52.6 Å². The number of halogens is 1. The Balaban J connectivity index is 3.37. The molecule has 21 heavy (non-hydrogen) atoms. The molecule has 120 valence electrons. The zero-order chi connectivity index (χ0) is 16.2. The summed E-state index contributed by atoms with van der Waals surface area (Å²) in [7, 11) is 0. The summed E-state index contributed by atoms with van der Waals surface area (Å²) >= 11 is 0. The zero-order valence-corrected chi connectivity index (χ0v) is 13.5. The van der Waals surface area contributed by atoms with E-state index in [-0.39, 0.29) is 19.6 Å². The van der Waals surface area contributed by atoms with Crippen molar-refractivity contribution < 1.29 is 23.5 Å². The van der Waals surface area contributed by atoms with Gasteiger partial charge in [-0.25, -0.2) is 4.39 Å². The highest BCUT2D eigenvalue weighted by molar-refractivity contribution is 6.01. The Bertz CT molecular complexity index is 422. The van der Waals surface area contributed by atoms with E-state index in [2.05, 4.69) is 0 Å². The standard InChI is InChI=1S/C16H25FO4/c1-6-20-14(18)16(15(19)21-7-2)9-11(4)10(3)8-13(16)12(5)17/h12-13H,6-9H2,1-5H3/t12-,13-/m1/s1. The molecular weight excluding hydrogens is 275 g/mol. The highest BCUT2D eigenvalue weighted by Gasteiger charge is 2.58. The zero-order valence-electron chi connectivity index (χ0n) is 13.5. The first kappa shape index (κ1) is 17.7. The molecule has 0 unspecified atom stereocenters. The summed E-state index contributed by atoms with van der Waals surface area (Å²) in [6.45, 7) is 8.78. The molecule has 0 spiro atoms. The van der Waals surface area contributed by atoms with Crippen molar-refractivity contribution in [2.24, 2.45) is 11.3 Å². The van der Waals surface area contributed by atoms with Crippen molar-refractivity contribution in [2.75, 3.05) is 13.2 Å². The van der Waals surface area contributed by atoms with Crippen molar-refractivity contribution in [3.8, 4) is 0 Å². The molecule has 0 aromatic carbocycles. The molecule has 0 N–H and O–H groups in total. The predicted molar refractivity (Wildman–Crippen MR) is 77.4 cm³/mol. The first-order valence-electron chi connectivity index (χ1n) is 7.44. The lowest BCUT2D eigenvalue weighted by Gasteiger charge is -2.41. The molecule has 1 aliphatic rings. The molecule has 0 radical (unpaired) electrons. The van der Waals surface area contributed by atoms with Crippen LogP contribution in [0, 0.1) is 11.3 Å². The maximum absolute atomic E-state index is 14.1. The van der Waals surface area contributed by atoms with E-state index >= 15 is 0 Å². The van der Waals surface area contributed by atoms with Crippen LogP contribution < -0.4 is 0 Å². The molecule has 4 nitrogen and oxygen atoms in total. The third-order valence-corrected chi connectivity index (χ3v) is 4.27. The summed E-state index contributed by atoms with van der Waals surface area (Å²) in [6.07, 6.45) is -0.779. The van der Waals surface area contributed by atoms with Crippen molar-refractivity contribution in [2.45, 2.75) is 53.6 Å². The summed E-state index contributed by atoms with van der Waals surface area (Å²) in [5.41, 5.74) is 0.380. The van der Waals surface area contributed by atoms with Gasteiger partial charge in [-0.15, -0.1) is 0 Å². The van der Waals surface area contributed by atoms with Crippen molar-refractivity contribution in [3.05, 3.63) is 11.1 Å². The summed E-state index contributed by atoms with van der Waals surface area (Å²) in [4.78, 5) is 25.0. The SMILES string of the molecule is CCOC(=O)C1(C(=O)OCC)CC(C)=C(C)C[C@@H]1[C@@H](C)F. The lowest BCUT2D eigenvalue weighted by Crippen LogP contribution is -2.52. The van der Waals surface area contributed by atoms with Gasteiger partial charge in [0.25, 0.3) is 0 Å². The Morgan fingerprint density at radius 1 is 1.19 bits per heavy atom. The summed E-state index contributed by atoms with van der Waals surface area (Å²) < 4.78 is 24.3. The summed E-state index contributed by atoms with van der Waals surface area (Å²) in [6, 6.07) is 0. The third-order valence-electron chi connectivity index (χ3n) is 4.27. The van der Waals surface area contributed by atoms with Gasteiger partial charge in [-0.05, 0) is 47.5 Å². The van der Waals surface area contributed by atoms with Crippen LogP contribution in [0.4, 0.5) is 4.39 Å². The molecule has 0 amide bonds. The highest BCUT2D eigenvalue weighted by atomic mass is 19.1. The molecule has 1 rings (SSSR count). The Morgan fingerprint density at radius 3 is 2.05 bits per heavy atom. The number of hydrogen-bond acceptors (Lipinski definition) is 4. The molecule has 0 heterocycles. The lowest BCUT2D eigenvalue weighted by molar-refractivity contribution is -0.179. The quantitative estimate of drug-likeness (QED) is 0.444. The van der Waals surface area contributed by atoms with Gasteiger partial charge >= 0.3 is 11.9 Å². The van der Waals surface area contributed by atoms with Crippen molar-refractivity contribution in [1.82, 2.24) is 0 Å². The van der Waals surface area contributed by atoms with Crippen molar-refractivity contribution in [1.29, 1.82) is 0 Å². The fraction of sp³-hybridized carbons (Fsp3) is 0.750. The number of carbonyl (C=O) groups excluding carboxylic acids is 2. The van der Waals surface area contributed by atoms with Gasteiger partial charge in [0.15, 0.2) is 5.41 Å². The van der Waals surface area contributed by atoms with Gasteiger partial charge in [-0.1, -0.05) is 11.1 Å². The number of alkyl halides is 1. The minimum atomic E-state index is -1.57. The fourth-order valence-electron chi connectivity index (χ4n) is 2.98. The van der Waals surface area contributed by atoms with Crippen LogP contribution in [0.1, 0.15) is 47.5 Å². The predicted octanol–water partition coefficient (Wildman–Crippen LogP) is 3.20. The average Bonchev–Trinajstić information content (AvgIpc) is 2.41. The van der Waals surface area contributed by atoms with Crippen LogP contribution in [0.15, 0.2) is 11.1 Å². The van der Waals surface area contributed by atoms with Crippen LogP contribution >= 0.6 is 0 Å². The van der Waals surface area contributed by atoms with E-state index in [0.717, 1.165) is 11.1 Å². The van der Waals surface area contributed by atoms with Gasteiger partial charge in [-0.2, -0.15) is 0 Å². The summed E-state index contributed by atoms with van der Waals surface area (Å²) in [5.74, 6) is -2.10. The van der Waals surface area contributed by atoms with Gasteiger partial charge in [0.05, 0.1) is 13.2 Å². The molecule has 2 atom stereocenters. The first-order chi connectivity index (χ1) is 9.81. The van der Waals surface area contributed by atoms with E-state index in [1.54, 1.807) is 13.8 Å². The maximum Gasteiger partial charge on any atom is 0.324 e. The van der Waals surface area contributed by atoms with Gasteiger partial charge < -0.3 is 9.47 Å². The van der Waals surface area contributed by atoms with Crippen LogP contribution in [0.2, 0.25) is 0 Å². The van der Waals surface area contributed by atoms with Crippen LogP contribution in [-0.4, -0.2) is 31.3 Å². The Hall–Kier alpha value is -1.39. The number of rotatable bonds is 5. The fourth-order valence-corrected chi connectivity index (χ4v) is 2.98. The maximum atomic E-state index is 14.1. The van der Waals surface area contributed by atoms with Crippen LogP contribution in [0.5, 0.6) is 0 Å². The molecular formula is C16H25FO4. The smallest absolute Gasteiger partial charge is 0.324 e. The van der Waals surface area contributed by atoms with E-state index in [1.807, 2.05) is 13.8 Å². The molecule has 5 heteroatoms. The molecule has 0 fully saturated rings. The minimum absolute atomic E-state index is 0.148. The number of ether oxygens (including phenoxy) is 2. The van der Waals surface area contributed by atoms with Gasteiger partial charge in [0.2, 0.25) is 0 Å². The Kier molecular flexibility index (Phi) is 5.93. The number of allylic oxidation sites excluding steroid dienone is 2. The highest BCUT2D eigenvalue weighted by Crippen LogP contribution is 2.48. The first-order valence-corrected chi connectivity index (χ1v) is 7.44. The lowest BCUT2D eigenvalue weighted by atomic mass is 9.63. The Labute approximate surface area is 125 Å². The van der Waals surface area contributed by atoms with E-state index in [9.17, 15) is 14.0 Å². The van der Waals surface area contributed by atoms with Crippen molar-refractivity contribution in [3.63, 3.8) is 0 Å². The second-order valence-corrected chi connectivity index (χ2v) is 5.64. The van der Waals surface area contributed by atoms with Crippen LogP contribution in [-0.2, 0) is 19.1 Å². The van der Waals surface area contributed by atoms with Crippen molar-refractivity contribution >= 4 is 11.9 Å².